The van der Waals surface area contributed by atoms with Crippen molar-refractivity contribution in [2.24, 2.45) is 17.8 Å². The summed E-state index contributed by atoms with van der Waals surface area (Å²) in [6, 6.07) is 0.0241. The molecule has 0 aromatic rings. The smallest absolute Gasteiger partial charge is 0.240 e. The molecule has 4 nitrogen and oxygen atoms in total. The molecule has 0 spiro atoms. The normalized spacial score (nSPS) is 26.7. The Morgan fingerprint density at radius 3 is 1.95 bits per heavy atom. The van der Waals surface area contributed by atoms with Gasteiger partial charge < -0.3 is 10.2 Å². The largest absolute Gasteiger partial charge is 0.341 e. The van der Waals surface area contributed by atoms with Crippen LogP contribution in [0.5, 0.6) is 0 Å². The molecule has 0 unspecified atom stereocenters. The van der Waals surface area contributed by atoms with E-state index < -0.39 is 0 Å². The van der Waals surface area contributed by atoms with E-state index in [2.05, 4.69) is 29.0 Å². The zero-order valence-corrected chi connectivity index (χ0v) is 15.3. The number of rotatable bonds is 3. The second kappa shape index (κ2) is 9.19. The van der Waals surface area contributed by atoms with Gasteiger partial charge in [-0.25, -0.2) is 0 Å². The Balaban J connectivity index is 0.00000200. The Bertz CT molecular complexity index is 304. The summed E-state index contributed by atoms with van der Waals surface area (Å²) in [5.41, 5.74) is 0. The molecular weight excluding hydrogens is 309 g/mol. The molecule has 2 rings (SSSR count). The van der Waals surface area contributed by atoms with Gasteiger partial charge in [-0.1, -0.05) is 13.8 Å². The van der Waals surface area contributed by atoms with E-state index >= 15 is 0 Å². The summed E-state index contributed by atoms with van der Waals surface area (Å²) in [4.78, 5) is 16.9. The number of likely N-dealkylation sites (N-methyl/N-ethyl adjacent to an activating group) is 1. The maximum Gasteiger partial charge on any atom is 0.240 e. The topological polar surface area (TPSA) is 35.6 Å². The van der Waals surface area contributed by atoms with Gasteiger partial charge in [-0.15, -0.1) is 24.8 Å². The minimum Gasteiger partial charge on any atom is -0.341 e. The molecule has 2 aliphatic rings. The molecule has 1 amide bonds. The molecule has 126 valence electrons. The minimum absolute atomic E-state index is 0. The molecule has 0 aromatic heterocycles. The highest BCUT2D eigenvalue weighted by Gasteiger charge is 2.34. The van der Waals surface area contributed by atoms with Crippen molar-refractivity contribution < 1.29 is 4.79 Å². The monoisotopic (exact) mass is 339 g/mol. The average Bonchev–Trinajstić information content (AvgIpc) is 2.67. The van der Waals surface area contributed by atoms with Crippen molar-refractivity contribution in [1.82, 2.24) is 15.1 Å². The number of hydrogen-bond acceptors (Lipinski definition) is 3. The van der Waals surface area contributed by atoms with Crippen molar-refractivity contribution in [3.63, 3.8) is 0 Å². The Morgan fingerprint density at radius 1 is 1.10 bits per heavy atom. The molecule has 2 fully saturated rings. The first kappa shape index (κ1) is 21.0. The van der Waals surface area contributed by atoms with Crippen LogP contribution in [0.1, 0.15) is 26.7 Å². The molecule has 1 N–H and O–H groups in total. The zero-order valence-electron chi connectivity index (χ0n) is 13.7. The van der Waals surface area contributed by atoms with Crippen LogP contribution in [0.3, 0.4) is 0 Å². The summed E-state index contributed by atoms with van der Waals surface area (Å²) in [6.45, 7) is 8.46. The van der Waals surface area contributed by atoms with Crippen LogP contribution < -0.4 is 5.32 Å². The van der Waals surface area contributed by atoms with E-state index in [9.17, 15) is 4.79 Å². The van der Waals surface area contributed by atoms with Gasteiger partial charge in [0.15, 0.2) is 0 Å². The van der Waals surface area contributed by atoms with E-state index in [1.54, 1.807) is 0 Å². The predicted octanol–water partition coefficient (Wildman–Crippen LogP) is 1.87. The molecule has 0 saturated carbocycles. The lowest BCUT2D eigenvalue weighted by molar-refractivity contribution is -0.137. The van der Waals surface area contributed by atoms with Gasteiger partial charge >= 0.3 is 0 Å². The van der Waals surface area contributed by atoms with E-state index in [0.717, 1.165) is 38.0 Å². The molecule has 0 radical (unpaired) electrons. The van der Waals surface area contributed by atoms with Crippen LogP contribution in [0.4, 0.5) is 0 Å². The van der Waals surface area contributed by atoms with Crippen molar-refractivity contribution in [3.8, 4) is 0 Å². The molecule has 2 heterocycles. The second-order valence-corrected chi connectivity index (χ2v) is 6.73. The van der Waals surface area contributed by atoms with Crippen molar-refractivity contribution in [2.75, 3.05) is 40.3 Å². The number of likely N-dealkylation sites (tertiary alicyclic amines) is 1. The van der Waals surface area contributed by atoms with Crippen LogP contribution in [0, 0.1) is 17.8 Å². The third kappa shape index (κ3) is 4.98. The molecule has 2 saturated heterocycles. The number of carbonyl (C=O) groups is 1. The first-order valence-electron chi connectivity index (χ1n) is 7.66. The molecule has 6 heteroatoms. The van der Waals surface area contributed by atoms with Crippen LogP contribution in [-0.4, -0.2) is 62.0 Å². The highest BCUT2D eigenvalue weighted by Crippen LogP contribution is 2.27. The molecule has 2 aliphatic heterocycles. The van der Waals surface area contributed by atoms with Gasteiger partial charge in [0.05, 0.1) is 6.04 Å². The Kier molecular flexibility index (Phi) is 9.17. The lowest BCUT2D eigenvalue weighted by Crippen LogP contribution is -2.49. The first-order valence-corrected chi connectivity index (χ1v) is 7.66. The first-order chi connectivity index (χ1) is 9.00. The van der Waals surface area contributed by atoms with Gasteiger partial charge in [-0.2, -0.15) is 0 Å². The van der Waals surface area contributed by atoms with Gasteiger partial charge in [0.1, 0.15) is 0 Å². The fourth-order valence-corrected chi connectivity index (χ4v) is 3.73. The summed E-state index contributed by atoms with van der Waals surface area (Å²) in [5.74, 6) is 2.27. The number of hydrogen-bond donors (Lipinski definition) is 1. The van der Waals surface area contributed by atoms with Gasteiger partial charge in [-0.3, -0.25) is 9.69 Å². The summed E-state index contributed by atoms with van der Waals surface area (Å²) < 4.78 is 0. The summed E-state index contributed by atoms with van der Waals surface area (Å²) in [7, 11) is 4.03. The van der Waals surface area contributed by atoms with Crippen molar-refractivity contribution in [2.45, 2.75) is 32.7 Å². The lowest BCUT2D eigenvalue weighted by atomic mass is 9.92. The molecule has 0 aromatic carbocycles. The quantitative estimate of drug-likeness (QED) is 0.852. The fraction of sp³-hybridized carbons (Fsp3) is 0.933. The number of carbonyl (C=O) groups excluding carboxylic acids is 1. The van der Waals surface area contributed by atoms with Crippen LogP contribution >= 0.6 is 24.8 Å². The number of fused-ring (bicyclic) bond motifs is 1. The standard InChI is InChI=1S/C15H29N3O.2ClH/c1-11(2)14(17(3)4)15(19)18-7-5-12-9-16-10-13(12)6-8-18;;/h11-14,16H,5-10H2,1-4H3;2*1H/t12-,13+,14-;;/m1../s1. The molecule has 0 bridgehead atoms. The minimum atomic E-state index is 0. The third-order valence-electron chi connectivity index (χ3n) is 4.77. The molecule has 3 atom stereocenters. The van der Waals surface area contributed by atoms with Crippen molar-refractivity contribution >= 4 is 30.7 Å². The van der Waals surface area contributed by atoms with Crippen LogP contribution in [0.25, 0.3) is 0 Å². The van der Waals surface area contributed by atoms with Gasteiger partial charge in [-0.05, 0) is 57.8 Å². The van der Waals surface area contributed by atoms with Crippen LogP contribution in [-0.2, 0) is 4.79 Å². The van der Waals surface area contributed by atoms with Gasteiger partial charge in [0.25, 0.3) is 0 Å². The van der Waals surface area contributed by atoms with Crippen LogP contribution in [0.15, 0.2) is 0 Å². The third-order valence-corrected chi connectivity index (χ3v) is 4.77. The maximum atomic E-state index is 12.7. The maximum absolute atomic E-state index is 12.7. The van der Waals surface area contributed by atoms with Gasteiger partial charge in [0, 0.05) is 13.1 Å². The Hall–Kier alpha value is -0.0300. The van der Waals surface area contributed by atoms with Crippen LogP contribution in [0.2, 0.25) is 0 Å². The highest BCUT2D eigenvalue weighted by atomic mass is 35.5. The summed E-state index contributed by atoms with van der Waals surface area (Å²) >= 11 is 0. The van der Waals surface area contributed by atoms with E-state index in [4.69, 9.17) is 0 Å². The fourth-order valence-electron chi connectivity index (χ4n) is 3.73. The number of amides is 1. The SMILES string of the molecule is CC(C)[C@H](C(=O)N1CC[C@@H]2CNC[C@@H]2CC1)N(C)C.Cl.Cl. The summed E-state index contributed by atoms with van der Waals surface area (Å²) in [6.07, 6.45) is 2.34. The van der Waals surface area contributed by atoms with E-state index in [-0.39, 0.29) is 30.9 Å². The number of nitrogens with one attached hydrogen (secondary N) is 1. The highest BCUT2D eigenvalue weighted by molar-refractivity contribution is 5.85. The van der Waals surface area contributed by atoms with Crippen molar-refractivity contribution in [3.05, 3.63) is 0 Å². The molecule has 21 heavy (non-hydrogen) atoms. The average molecular weight is 340 g/mol. The second-order valence-electron chi connectivity index (χ2n) is 6.73. The van der Waals surface area contributed by atoms with Gasteiger partial charge in [0.2, 0.25) is 5.91 Å². The van der Waals surface area contributed by atoms with E-state index in [1.807, 2.05) is 14.1 Å². The van der Waals surface area contributed by atoms with E-state index in [0.29, 0.717) is 11.8 Å². The number of halogens is 2. The lowest BCUT2D eigenvalue weighted by Gasteiger charge is -2.32. The number of nitrogens with zero attached hydrogens (tertiary/aromatic N) is 2. The Labute approximate surface area is 141 Å². The van der Waals surface area contributed by atoms with E-state index in [1.165, 1.54) is 12.8 Å². The Morgan fingerprint density at radius 2 is 1.57 bits per heavy atom. The molecule has 0 aliphatic carbocycles. The predicted molar refractivity (Wildman–Crippen MR) is 92.5 cm³/mol. The van der Waals surface area contributed by atoms with Crippen molar-refractivity contribution in [1.29, 1.82) is 0 Å². The zero-order chi connectivity index (χ0) is 14.0. The molecular formula is C15H31Cl2N3O. The summed E-state index contributed by atoms with van der Waals surface area (Å²) in [5, 5.41) is 3.48.